The van der Waals surface area contributed by atoms with Gasteiger partial charge in [0.05, 0.1) is 11.6 Å². The van der Waals surface area contributed by atoms with Crippen molar-refractivity contribution >= 4 is 10.9 Å². The number of nitrogens with one attached hydrogen (secondary N) is 1. The fourth-order valence-corrected chi connectivity index (χ4v) is 1.50. The van der Waals surface area contributed by atoms with E-state index in [1.807, 2.05) is 0 Å². The zero-order valence-corrected chi connectivity index (χ0v) is 7.86. The number of hydrogen-bond donors (Lipinski definition) is 3. The Labute approximate surface area is 81.2 Å². The van der Waals surface area contributed by atoms with Crippen molar-refractivity contribution in [1.29, 1.82) is 0 Å². The molecule has 4 nitrogen and oxygen atoms in total. The fourth-order valence-electron chi connectivity index (χ4n) is 1.50. The average Bonchev–Trinajstić information content (AvgIpc) is 2.47. The predicted molar refractivity (Wildman–Crippen MR) is 53.1 cm³/mol. The van der Waals surface area contributed by atoms with Crippen molar-refractivity contribution in [2.24, 2.45) is 0 Å². The van der Waals surface area contributed by atoms with E-state index in [1.165, 1.54) is 0 Å². The van der Waals surface area contributed by atoms with Gasteiger partial charge in [-0.2, -0.15) is 5.10 Å². The van der Waals surface area contributed by atoms with Crippen molar-refractivity contribution in [2.45, 2.75) is 19.4 Å². The smallest absolute Gasteiger partial charge is 0.116 e. The van der Waals surface area contributed by atoms with E-state index in [0.717, 1.165) is 16.6 Å². The first kappa shape index (κ1) is 9.02. The molecule has 2 aromatic rings. The Morgan fingerprint density at radius 2 is 2.29 bits per heavy atom. The van der Waals surface area contributed by atoms with Gasteiger partial charge in [0.15, 0.2) is 0 Å². The molecule has 1 heterocycles. The number of aromatic hydroxyl groups is 1. The number of aliphatic hydroxyl groups excluding tert-OH is 1. The van der Waals surface area contributed by atoms with E-state index in [4.69, 9.17) is 0 Å². The first-order chi connectivity index (χ1) is 6.66. The molecular weight excluding hydrogens is 180 g/mol. The van der Waals surface area contributed by atoms with Crippen LogP contribution in [-0.2, 0) is 6.42 Å². The summed E-state index contributed by atoms with van der Waals surface area (Å²) in [5, 5.41) is 26.3. The molecule has 0 fully saturated rings. The number of aromatic nitrogens is 2. The number of aliphatic hydroxyl groups is 1. The molecule has 0 spiro atoms. The zero-order valence-electron chi connectivity index (χ0n) is 7.86. The van der Waals surface area contributed by atoms with Gasteiger partial charge in [-0.1, -0.05) is 0 Å². The van der Waals surface area contributed by atoms with Crippen LogP contribution in [0.5, 0.6) is 5.75 Å². The van der Waals surface area contributed by atoms with Crippen LogP contribution in [0.3, 0.4) is 0 Å². The normalized spacial score (nSPS) is 13.3. The van der Waals surface area contributed by atoms with E-state index in [9.17, 15) is 10.2 Å². The lowest BCUT2D eigenvalue weighted by Crippen LogP contribution is -2.04. The molecule has 0 bridgehead atoms. The van der Waals surface area contributed by atoms with E-state index in [-0.39, 0.29) is 5.75 Å². The summed E-state index contributed by atoms with van der Waals surface area (Å²) in [5.41, 5.74) is 1.66. The molecule has 0 aliphatic carbocycles. The van der Waals surface area contributed by atoms with Crippen molar-refractivity contribution in [1.82, 2.24) is 10.2 Å². The van der Waals surface area contributed by atoms with Crippen LogP contribution in [0.15, 0.2) is 18.2 Å². The maximum atomic E-state index is 9.30. The monoisotopic (exact) mass is 192 g/mol. The van der Waals surface area contributed by atoms with Crippen molar-refractivity contribution in [2.75, 3.05) is 0 Å². The molecule has 1 aromatic heterocycles. The van der Waals surface area contributed by atoms with E-state index in [1.54, 1.807) is 25.1 Å². The zero-order chi connectivity index (χ0) is 10.1. The second-order valence-electron chi connectivity index (χ2n) is 3.46. The standard InChI is InChI=1S/C10H12N2O2/c1-6(13)4-10-8-5-7(14)2-3-9(8)11-12-10/h2-3,5-6,13-14H,4H2,1H3,(H,11,12). The summed E-state index contributed by atoms with van der Waals surface area (Å²) in [5.74, 6) is 0.214. The van der Waals surface area contributed by atoms with Gasteiger partial charge in [-0.3, -0.25) is 5.10 Å². The van der Waals surface area contributed by atoms with Crippen LogP contribution >= 0.6 is 0 Å². The van der Waals surface area contributed by atoms with E-state index >= 15 is 0 Å². The lowest BCUT2D eigenvalue weighted by molar-refractivity contribution is 0.194. The average molecular weight is 192 g/mol. The van der Waals surface area contributed by atoms with Crippen molar-refractivity contribution in [3.8, 4) is 5.75 Å². The Hall–Kier alpha value is -1.55. The van der Waals surface area contributed by atoms with Crippen LogP contribution < -0.4 is 0 Å². The summed E-state index contributed by atoms with van der Waals surface area (Å²) in [4.78, 5) is 0. The third kappa shape index (κ3) is 1.56. The Morgan fingerprint density at radius 3 is 3.00 bits per heavy atom. The van der Waals surface area contributed by atoms with Gasteiger partial charge in [0.25, 0.3) is 0 Å². The molecule has 1 aromatic carbocycles. The molecule has 74 valence electrons. The minimum absolute atomic E-state index is 0.214. The van der Waals surface area contributed by atoms with Crippen molar-refractivity contribution in [3.05, 3.63) is 23.9 Å². The number of phenolic OH excluding ortho intramolecular Hbond substituents is 1. The Balaban J connectivity index is 2.50. The molecule has 1 unspecified atom stereocenters. The largest absolute Gasteiger partial charge is 0.508 e. The number of fused-ring (bicyclic) bond motifs is 1. The summed E-state index contributed by atoms with van der Waals surface area (Å²) in [6.07, 6.45) is 0.0981. The molecule has 3 N–H and O–H groups in total. The Bertz CT molecular complexity index is 448. The van der Waals surface area contributed by atoms with Gasteiger partial charge in [-0.15, -0.1) is 0 Å². The number of H-pyrrole nitrogens is 1. The lowest BCUT2D eigenvalue weighted by Gasteiger charge is -2.01. The molecule has 0 saturated heterocycles. The van der Waals surface area contributed by atoms with Crippen LogP contribution in [0.4, 0.5) is 0 Å². The minimum atomic E-state index is -0.416. The topological polar surface area (TPSA) is 69.1 Å². The van der Waals surface area contributed by atoms with E-state index < -0.39 is 6.10 Å². The lowest BCUT2D eigenvalue weighted by atomic mass is 10.1. The van der Waals surface area contributed by atoms with Gasteiger partial charge in [0.2, 0.25) is 0 Å². The number of hydrogen-bond acceptors (Lipinski definition) is 3. The molecule has 2 rings (SSSR count). The van der Waals surface area contributed by atoms with Gasteiger partial charge < -0.3 is 10.2 Å². The third-order valence-corrected chi connectivity index (χ3v) is 2.12. The molecule has 0 saturated carbocycles. The molecule has 0 amide bonds. The first-order valence-corrected chi connectivity index (χ1v) is 4.51. The van der Waals surface area contributed by atoms with Gasteiger partial charge in [0.1, 0.15) is 5.75 Å². The highest BCUT2D eigenvalue weighted by Crippen LogP contribution is 2.21. The molecule has 0 radical (unpaired) electrons. The van der Waals surface area contributed by atoms with Crippen LogP contribution in [0, 0.1) is 0 Å². The third-order valence-electron chi connectivity index (χ3n) is 2.12. The first-order valence-electron chi connectivity index (χ1n) is 4.51. The quantitative estimate of drug-likeness (QED) is 0.669. The van der Waals surface area contributed by atoms with Crippen LogP contribution in [-0.4, -0.2) is 26.5 Å². The van der Waals surface area contributed by atoms with Crippen LogP contribution in [0.25, 0.3) is 10.9 Å². The molecule has 0 aliphatic rings. The van der Waals surface area contributed by atoms with Gasteiger partial charge >= 0.3 is 0 Å². The molecular formula is C10H12N2O2. The number of benzene rings is 1. The molecule has 14 heavy (non-hydrogen) atoms. The highest BCUT2D eigenvalue weighted by atomic mass is 16.3. The van der Waals surface area contributed by atoms with Crippen molar-refractivity contribution in [3.63, 3.8) is 0 Å². The second kappa shape index (κ2) is 3.31. The molecule has 0 aliphatic heterocycles. The minimum Gasteiger partial charge on any atom is -0.508 e. The van der Waals surface area contributed by atoms with Gasteiger partial charge in [-0.25, -0.2) is 0 Å². The maximum absolute atomic E-state index is 9.30. The van der Waals surface area contributed by atoms with Crippen LogP contribution in [0.1, 0.15) is 12.6 Å². The number of phenols is 1. The number of aromatic amines is 1. The van der Waals surface area contributed by atoms with Gasteiger partial charge in [0, 0.05) is 17.5 Å². The van der Waals surface area contributed by atoms with Gasteiger partial charge in [-0.05, 0) is 25.1 Å². The summed E-state index contributed by atoms with van der Waals surface area (Å²) < 4.78 is 0. The fraction of sp³-hybridized carbons (Fsp3) is 0.300. The highest BCUT2D eigenvalue weighted by Gasteiger charge is 2.07. The SMILES string of the molecule is CC(O)Cc1[nH]nc2ccc(O)cc12. The molecule has 1 atom stereocenters. The van der Waals surface area contributed by atoms with Crippen LogP contribution in [0.2, 0.25) is 0 Å². The van der Waals surface area contributed by atoms with Crippen molar-refractivity contribution < 1.29 is 10.2 Å². The summed E-state index contributed by atoms with van der Waals surface area (Å²) in [6, 6.07) is 4.98. The number of rotatable bonds is 2. The van der Waals surface area contributed by atoms with E-state index in [0.29, 0.717) is 6.42 Å². The maximum Gasteiger partial charge on any atom is 0.116 e. The highest BCUT2D eigenvalue weighted by molar-refractivity contribution is 5.82. The predicted octanol–water partition coefficient (Wildman–Crippen LogP) is 1.19. The summed E-state index contributed by atoms with van der Waals surface area (Å²) >= 11 is 0. The number of nitrogens with zero attached hydrogens (tertiary/aromatic N) is 1. The summed E-state index contributed by atoms with van der Waals surface area (Å²) in [7, 11) is 0. The van der Waals surface area contributed by atoms with E-state index in [2.05, 4.69) is 10.2 Å². The summed E-state index contributed by atoms with van der Waals surface area (Å²) in [6.45, 7) is 1.72. The molecule has 4 heteroatoms. The Morgan fingerprint density at radius 1 is 1.50 bits per heavy atom. The Kier molecular flexibility index (Phi) is 2.13. The second-order valence-corrected chi connectivity index (χ2v) is 3.46.